The molecule has 88 valence electrons. The molecule has 1 amide bonds. The Labute approximate surface area is 101 Å². The monoisotopic (exact) mass is 228 g/mol. The molecule has 0 fully saturated rings. The minimum absolute atomic E-state index is 0.165. The van der Waals surface area contributed by atoms with E-state index in [1.165, 1.54) is 10.8 Å². The van der Waals surface area contributed by atoms with Gasteiger partial charge in [-0.1, -0.05) is 37.3 Å². The molecule has 0 saturated carbocycles. The zero-order chi connectivity index (χ0) is 12.3. The van der Waals surface area contributed by atoms with Crippen LogP contribution >= 0.6 is 0 Å². The van der Waals surface area contributed by atoms with Gasteiger partial charge in [-0.3, -0.25) is 4.79 Å². The average molecular weight is 228 g/mol. The first kappa shape index (κ1) is 11.5. The van der Waals surface area contributed by atoms with Crippen molar-refractivity contribution in [1.82, 2.24) is 0 Å². The van der Waals surface area contributed by atoms with Crippen LogP contribution < -0.4 is 11.1 Å². The van der Waals surface area contributed by atoms with E-state index in [0.717, 1.165) is 5.69 Å². The number of benzene rings is 2. The topological polar surface area (TPSA) is 55.1 Å². The molecule has 0 aliphatic rings. The number of primary amides is 1. The van der Waals surface area contributed by atoms with E-state index in [2.05, 4.69) is 29.6 Å². The van der Waals surface area contributed by atoms with Gasteiger partial charge in [-0.25, -0.2) is 0 Å². The van der Waals surface area contributed by atoms with Gasteiger partial charge in [-0.15, -0.1) is 0 Å². The van der Waals surface area contributed by atoms with Crippen LogP contribution in [0.1, 0.15) is 6.92 Å². The van der Waals surface area contributed by atoms with E-state index in [1.54, 1.807) is 0 Å². The number of hydrogen-bond acceptors (Lipinski definition) is 2. The molecule has 0 aromatic heterocycles. The molecule has 0 spiro atoms. The number of nitrogens with two attached hydrogens (primary N) is 1. The smallest absolute Gasteiger partial charge is 0.222 e. The van der Waals surface area contributed by atoms with E-state index >= 15 is 0 Å². The maximum absolute atomic E-state index is 10.9. The Morgan fingerprint density at radius 3 is 2.65 bits per heavy atom. The van der Waals surface area contributed by atoms with Gasteiger partial charge in [0.05, 0.1) is 5.92 Å². The SMILES string of the molecule is CC(CNc1ccc2ccccc2c1)C(N)=O. The number of fused-ring (bicyclic) bond motifs is 1. The molecule has 0 bridgehead atoms. The van der Waals surface area contributed by atoms with Gasteiger partial charge in [-0.05, 0) is 22.9 Å². The summed E-state index contributed by atoms with van der Waals surface area (Å²) in [7, 11) is 0. The summed E-state index contributed by atoms with van der Waals surface area (Å²) >= 11 is 0. The predicted molar refractivity (Wildman–Crippen MR) is 70.8 cm³/mol. The van der Waals surface area contributed by atoms with Crippen molar-refractivity contribution in [3.05, 3.63) is 42.5 Å². The van der Waals surface area contributed by atoms with Gasteiger partial charge in [0, 0.05) is 12.2 Å². The summed E-state index contributed by atoms with van der Waals surface area (Å²) in [6.45, 7) is 2.38. The number of amides is 1. The molecule has 2 rings (SSSR count). The molecule has 3 heteroatoms. The van der Waals surface area contributed by atoms with Crippen LogP contribution in [0.4, 0.5) is 5.69 Å². The second kappa shape index (κ2) is 4.87. The number of hydrogen-bond donors (Lipinski definition) is 2. The lowest BCUT2D eigenvalue weighted by Crippen LogP contribution is -2.26. The molecule has 0 radical (unpaired) electrons. The van der Waals surface area contributed by atoms with Crippen LogP contribution in [0.3, 0.4) is 0 Å². The number of anilines is 1. The molecule has 2 aromatic carbocycles. The highest BCUT2D eigenvalue weighted by atomic mass is 16.1. The number of carbonyl (C=O) groups is 1. The first-order chi connectivity index (χ1) is 8.16. The molecular formula is C14H16N2O. The summed E-state index contributed by atoms with van der Waals surface area (Å²) in [4.78, 5) is 10.9. The Balaban J connectivity index is 2.12. The van der Waals surface area contributed by atoms with Gasteiger partial charge in [-0.2, -0.15) is 0 Å². The third kappa shape index (κ3) is 2.75. The second-order valence-electron chi connectivity index (χ2n) is 4.25. The van der Waals surface area contributed by atoms with E-state index in [9.17, 15) is 4.79 Å². The lowest BCUT2D eigenvalue weighted by molar-refractivity contribution is -0.120. The fraction of sp³-hybridized carbons (Fsp3) is 0.214. The molecule has 3 nitrogen and oxygen atoms in total. The molecule has 17 heavy (non-hydrogen) atoms. The summed E-state index contributed by atoms with van der Waals surface area (Å²) in [5.74, 6) is -0.445. The largest absolute Gasteiger partial charge is 0.384 e. The highest BCUT2D eigenvalue weighted by Crippen LogP contribution is 2.18. The first-order valence-corrected chi connectivity index (χ1v) is 5.69. The molecule has 3 N–H and O–H groups in total. The van der Waals surface area contributed by atoms with Crippen LogP contribution in [0.5, 0.6) is 0 Å². The molecule has 2 aromatic rings. The quantitative estimate of drug-likeness (QED) is 0.844. The van der Waals surface area contributed by atoms with Gasteiger partial charge in [0.2, 0.25) is 5.91 Å². The van der Waals surface area contributed by atoms with E-state index < -0.39 is 0 Å². The van der Waals surface area contributed by atoms with Crippen molar-refractivity contribution in [3.63, 3.8) is 0 Å². The fourth-order valence-corrected chi connectivity index (χ4v) is 1.67. The van der Waals surface area contributed by atoms with Crippen LogP contribution in [0.25, 0.3) is 10.8 Å². The summed E-state index contributed by atoms with van der Waals surface area (Å²) in [5, 5.41) is 5.61. The third-order valence-electron chi connectivity index (χ3n) is 2.85. The molecule has 1 unspecified atom stereocenters. The molecule has 0 saturated heterocycles. The van der Waals surface area contributed by atoms with Gasteiger partial charge in [0.25, 0.3) is 0 Å². The highest BCUT2D eigenvalue weighted by molar-refractivity contribution is 5.85. The van der Waals surface area contributed by atoms with E-state index in [1.807, 2.05) is 25.1 Å². The second-order valence-corrected chi connectivity index (χ2v) is 4.25. The Morgan fingerprint density at radius 1 is 1.24 bits per heavy atom. The first-order valence-electron chi connectivity index (χ1n) is 5.69. The summed E-state index contributed by atoms with van der Waals surface area (Å²) < 4.78 is 0. The highest BCUT2D eigenvalue weighted by Gasteiger charge is 2.07. The van der Waals surface area contributed by atoms with E-state index in [-0.39, 0.29) is 11.8 Å². The molecule has 0 heterocycles. The van der Waals surface area contributed by atoms with Crippen molar-refractivity contribution in [2.75, 3.05) is 11.9 Å². The number of nitrogens with one attached hydrogen (secondary N) is 1. The Kier molecular flexibility index (Phi) is 3.28. The van der Waals surface area contributed by atoms with Gasteiger partial charge in [0.15, 0.2) is 0 Å². The standard InChI is InChI=1S/C14H16N2O/c1-10(14(15)17)9-16-13-7-6-11-4-2-3-5-12(11)8-13/h2-8,10,16H,9H2,1H3,(H2,15,17). The van der Waals surface area contributed by atoms with Crippen molar-refractivity contribution >= 4 is 22.4 Å². The third-order valence-corrected chi connectivity index (χ3v) is 2.85. The van der Waals surface area contributed by atoms with Crippen molar-refractivity contribution in [3.8, 4) is 0 Å². The molecular weight excluding hydrogens is 212 g/mol. The number of carbonyl (C=O) groups excluding carboxylic acids is 1. The van der Waals surface area contributed by atoms with Gasteiger partial charge in [0.1, 0.15) is 0 Å². The molecule has 0 aliphatic carbocycles. The Morgan fingerprint density at radius 2 is 1.94 bits per heavy atom. The van der Waals surface area contributed by atoms with E-state index in [4.69, 9.17) is 5.73 Å². The lowest BCUT2D eigenvalue weighted by Gasteiger charge is -2.10. The normalized spacial score (nSPS) is 12.3. The molecule has 1 atom stereocenters. The predicted octanol–water partition coefficient (Wildman–Crippen LogP) is 2.37. The van der Waals surface area contributed by atoms with Crippen LogP contribution in [0.2, 0.25) is 0 Å². The van der Waals surface area contributed by atoms with E-state index in [0.29, 0.717) is 6.54 Å². The van der Waals surface area contributed by atoms with Crippen LogP contribution in [0.15, 0.2) is 42.5 Å². The van der Waals surface area contributed by atoms with Crippen molar-refractivity contribution in [1.29, 1.82) is 0 Å². The average Bonchev–Trinajstić information content (AvgIpc) is 2.35. The summed E-state index contributed by atoms with van der Waals surface area (Å²) in [6, 6.07) is 14.3. The Bertz CT molecular complexity index is 536. The van der Waals surface area contributed by atoms with Crippen LogP contribution in [-0.4, -0.2) is 12.5 Å². The maximum atomic E-state index is 10.9. The summed E-state index contributed by atoms with van der Waals surface area (Å²) in [6.07, 6.45) is 0. The fourth-order valence-electron chi connectivity index (χ4n) is 1.67. The zero-order valence-corrected chi connectivity index (χ0v) is 9.81. The van der Waals surface area contributed by atoms with Crippen LogP contribution in [0, 0.1) is 5.92 Å². The maximum Gasteiger partial charge on any atom is 0.222 e. The van der Waals surface area contributed by atoms with Gasteiger partial charge >= 0.3 is 0 Å². The van der Waals surface area contributed by atoms with Crippen molar-refractivity contribution in [2.24, 2.45) is 11.7 Å². The number of rotatable bonds is 4. The lowest BCUT2D eigenvalue weighted by atomic mass is 10.1. The Hall–Kier alpha value is -2.03. The molecule has 0 aliphatic heterocycles. The zero-order valence-electron chi connectivity index (χ0n) is 9.81. The van der Waals surface area contributed by atoms with Crippen molar-refractivity contribution in [2.45, 2.75) is 6.92 Å². The minimum Gasteiger partial charge on any atom is -0.384 e. The van der Waals surface area contributed by atoms with Gasteiger partial charge < -0.3 is 11.1 Å². The van der Waals surface area contributed by atoms with Crippen LogP contribution in [-0.2, 0) is 4.79 Å². The minimum atomic E-state index is -0.279. The summed E-state index contributed by atoms with van der Waals surface area (Å²) in [5.41, 5.74) is 6.22. The van der Waals surface area contributed by atoms with Crippen molar-refractivity contribution < 1.29 is 4.79 Å².